The molecule has 0 saturated carbocycles. The summed E-state index contributed by atoms with van der Waals surface area (Å²) in [5.41, 5.74) is -2.26. The summed E-state index contributed by atoms with van der Waals surface area (Å²) in [4.78, 5) is 37.8. The number of halogens is 3. The molecule has 3 N–H and O–H groups in total. The Kier molecular flexibility index (Phi) is 8.00. The van der Waals surface area contributed by atoms with Crippen molar-refractivity contribution in [1.82, 2.24) is 14.9 Å². The quantitative estimate of drug-likeness (QED) is 0.400. The molecule has 33 heavy (non-hydrogen) atoms. The van der Waals surface area contributed by atoms with Crippen LogP contribution in [0.4, 0.5) is 13.2 Å². The molecule has 1 aromatic rings. The molecule has 0 spiro atoms. The lowest BCUT2D eigenvalue weighted by atomic mass is 10.1. The van der Waals surface area contributed by atoms with Crippen LogP contribution in [0.1, 0.15) is 32.8 Å². The Morgan fingerprint density at radius 3 is 2.58 bits per heavy atom. The molecule has 1 aromatic heterocycles. The summed E-state index contributed by atoms with van der Waals surface area (Å²) in [6, 6.07) is 0. The molecule has 1 aliphatic rings. The molecule has 1 amide bonds. The van der Waals surface area contributed by atoms with E-state index in [1.54, 1.807) is 5.32 Å². The second-order valence-corrected chi connectivity index (χ2v) is 12.2. The van der Waals surface area contributed by atoms with Crippen molar-refractivity contribution in [1.29, 1.82) is 0 Å². The molecule has 2 heterocycles. The van der Waals surface area contributed by atoms with Crippen molar-refractivity contribution in [2.45, 2.75) is 69.6 Å². The maximum atomic E-state index is 12.7. The standard InChI is InChI=1S/C20H28F3N3O6Si/c1-18(2,3)31-11-14-13(27)9-19(32-14,33(4)5)26-10-12(15(28)25-17(26)30)7-6-8-24-16(29)20(21,22)23/h10,13-14,27,33H,8-9,11H2,1-5H3,(H,24,29)(H,25,28,30)/t13-,14+,19-/m0/s1. The van der Waals surface area contributed by atoms with Crippen molar-refractivity contribution in [3.8, 4) is 11.8 Å². The van der Waals surface area contributed by atoms with Gasteiger partial charge in [0, 0.05) is 12.6 Å². The molecular weight excluding hydrogens is 463 g/mol. The molecule has 184 valence electrons. The van der Waals surface area contributed by atoms with Crippen molar-refractivity contribution in [3.05, 3.63) is 32.6 Å². The summed E-state index contributed by atoms with van der Waals surface area (Å²) in [7, 11) is -1.89. The van der Waals surface area contributed by atoms with Crippen LogP contribution in [0.15, 0.2) is 15.8 Å². The molecule has 0 aromatic carbocycles. The lowest BCUT2D eigenvalue weighted by Gasteiger charge is -2.35. The second kappa shape index (κ2) is 9.84. The Morgan fingerprint density at radius 2 is 2.03 bits per heavy atom. The van der Waals surface area contributed by atoms with Crippen LogP contribution in [0.25, 0.3) is 0 Å². The van der Waals surface area contributed by atoms with Crippen LogP contribution >= 0.6 is 0 Å². The van der Waals surface area contributed by atoms with Crippen molar-refractivity contribution in [2.24, 2.45) is 0 Å². The molecule has 0 unspecified atom stereocenters. The van der Waals surface area contributed by atoms with Crippen LogP contribution < -0.4 is 16.6 Å². The molecular formula is C20H28F3N3O6Si. The van der Waals surface area contributed by atoms with Crippen LogP contribution in [0.2, 0.25) is 13.1 Å². The predicted octanol–water partition coefficient (Wildman–Crippen LogP) is 0.210. The van der Waals surface area contributed by atoms with E-state index in [-0.39, 0.29) is 18.6 Å². The zero-order valence-electron chi connectivity index (χ0n) is 19.0. The number of H-pyrrole nitrogens is 1. The van der Waals surface area contributed by atoms with Crippen molar-refractivity contribution < 1.29 is 32.5 Å². The predicted molar refractivity (Wildman–Crippen MR) is 115 cm³/mol. The minimum absolute atomic E-state index is 0.0928. The van der Waals surface area contributed by atoms with E-state index in [1.165, 1.54) is 10.8 Å². The van der Waals surface area contributed by atoms with Crippen LogP contribution in [0.5, 0.6) is 0 Å². The largest absolute Gasteiger partial charge is 0.471 e. The summed E-state index contributed by atoms with van der Waals surface area (Å²) < 4.78 is 49.8. The summed E-state index contributed by atoms with van der Waals surface area (Å²) in [6.45, 7) is 8.83. The molecule has 13 heteroatoms. The van der Waals surface area contributed by atoms with Gasteiger partial charge in [-0.25, -0.2) is 4.79 Å². The van der Waals surface area contributed by atoms with Crippen LogP contribution in [-0.2, 0) is 19.6 Å². The SMILES string of the molecule is C[SiH](C)[C@]1(n2cc(C#CCNC(=O)C(F)(F)F)c(=O)[nH]c2=O)C[C@H](O)[C@@H](COC(C)(C)C)O1. The Hall–Kier alpha value is -2.40. The van der Waals surface area contributed by atoms with Gasteiger partial charge < -0.3 is 19.9 Å². The summed E-state index contributed by atoms with van der Waals surface area (Å²) >= 11 is 0. The number of aliphatic hydroxyl groups is 1. The minimum atomic E-state index is -5.05. The first kappa shape index (κ1) is 26.8. The number of nitrogens with one attached hydrogen (secondary N) is 2. The first-order chi connectivity index (χ1) is 15.1. The van der Waals surface area contributed by atoms with Crippen molar-refractivity contribution in [2.75, 3.05) is 13.2 Å². The zero-order valence-corrected chi connectivity index (χ0v) is 20.2. The topological polar surface area (TPSA) is 123 Å². The highest BCUT2D eigenvalue weighted by molar-refractivity contribution is 6.58. The smallest absolute Gasteiger partial charge is 0.390 e. The molecule has 9 nitrogen and oxygen atoms in total. The van der Waals surface area contributed by atoms with Crippen molar-refractivity contribution in [3.63, 3.8) is 0 Å². The van der Waals surface area contributed by atoms with Gasteiger partial charge in [-0.15, -0.1) is 0 Å². The first-order valence-electron chi connectivity index (χ1n) is 10.3. The molecule has 0 radical (unpaired) electrons. The van der Waals surface area contributed by atoms with Gasteiger partial charge in [0.05, 0.1) is 33.7 Å². The highest BCUT2D eigenvalue weighted by atomic mass is 28.3. The molecule has 3 atom stereocenters. The van der Waals surface area contributed by atoms with Gasteiger partial charge in [0.1, 0.15) is 17.0 Å². The first-order valence-corrected chi connectivity index (χ1v) is 13.2. The number of carbonyl (C=O) groups excluding carboxylic acids is 1. The number of nitrogens with zero attached hydrogens (tertiary/aromatic N) is 1. The van der Waals surface area contributed by atoms with Gasteiger partial charge in [0.25, 0.3) is 5.56 Å². The van der Waals surface area contributed by atoms with Gasteiger partial charge in [-0.1, -0.05) is 24.9 Å². The Morgan fingerprint density at radius 1 is 1.39 bits per heavy atom. The van der Waals surface area contributed by atoms with E-state index in [1.807, 2.05) is 33.9 Å². The molecule has 0 aliphatic carbocycles. The lowest BCUT2D eigenvalue weighted by molar-refractivity contribution is -0.173. The van der Waals surface area contributed by atoms with E-state index in [4.69, 9.17) is 9.47 Å². The average molecular weight is 492 g/mol. The summed E-state index contributed by atoms with van der Waals surface area (Å²) in [6.07, 6.45) is -5.41. The Labute approximate surface area is 189 Å². The van der Waals surface area contributed by atoms with Gasteiger partial charge in [0.15, 0.2) is 0 Å². The maximum absolute atomic E-state index is 12.7. The number of hydrogen-bond acceptors (Lipinski definition) is 6. The molecule has 1 saturated heterocycles. The number of hydrogen-bond donors (Lipinski definition) is 3. The summed E-state index contributed by atoms with van der Waals surface area (Å²) in [5.74, 6) is 2.48. The summed E-state index contributed by atoms with van der Waals surface area (Å²) in [5, 5.41) is 11.0. The highest BCUT2D eigenvalue weighted by Crippen LogP contribution is 2.37. The van der Waals surface area contributed by atoms with Gasteiger partial charge in [-0.3, -0.25) is 19.1 Å². The fourth-order valence-electron chi connectivity index (χ4n) is 3.31. The molecule has 0 bridgehead atoms. The number of ether oxygens (including phenoxy) is 2. The molecule has 2 rings (SSSR count). The maximum Gasteiger partial charge on any atom is 0.471 e. The number of alkyl halides is 3. The Bertz CT molecular complexity index is 1050. The van der Waals surface area contributed by atoms with Gasteiger partial charge in [0.2, 0.25) is 0 Å². The van der Waals surface area contributed by atoms with E-state index in [0.717, 1.165) is 0 Å². The number of rotatable bonds is 5. The fraction of sp³-hybridized carbons (Fsp3) is 0.650. The van der Waals surface area contributed by atoms with E-state index < -0.39 is 61.8 Å². The normalized spacial score (nSPS) is 23.3. The number of amides is 1. The Balaban J connectivity index is 2.34. The average Bonchev–Trinajstić information content (AvgIpc) is 3.01. The molecule has 1 fully saturated rings. The zero-order chi connectivity index (χ0) is 25.2. The van der Waals surface area contributed by atoms with Crippen LogP contribution in [0, 0.1) is 11.8 Å². The van der Waals surface area contributed by atoms with Gasteiger partial charge in [-0.05, 0) is 20.8 Å². The number of aromatic nitrogens is 2. The lowest BCUT2D eigenvalue weighted by Crippen LogP contribution is -2.52. The second-order valence-electron chi connectivity index (χ2n) is 9.00. The number of aliphatic hydroxyl groups excluding tert-OH is 1. The third-order valence-electron chi connectivity index (χ3n) is 5.04. The number of carbonyl (C=O) groups is 1. The van der Waals surface area contributed by atoms with Gasteiger partial charge in [-0.2, -0.15) is 13.2 Å². The van der Waals surface area contributed by atoms with Crippen molar-refractivity contribution >= 4 is 14.7 Å². The van der Waals surface area contributed by atoms with Crippen LogP contribution in [0.3, 0.4) is 0 Å². The van der Waals surface area contributed by atoms with Crippen LogP contribution in [-0.4, -0.2) is 66.5 Å². The van der Waals surface area contributed by atoms with E-state index in [0.29, 0.717) is 0 Å². The number of aromatic amines is 1. The highest BCUT2D eigenvalue weighted by Gasteiger charge is 2.50. The fourth-order valence-corrected chi connectivity index (χ4v) is 5.22. The van der Waals surface area contributed by atoms with E-state index in [9.17, 15) is 32.7 Å². The minimum Gasteiger partial charge on any atom is -0.390 e. The van der Waals surface area contributed by atoms with E-state index in [2.05, 4.69) is 16.8 Å². The third-order valence-corrected chi connectivity index (χ3v) is 7.49. The monoisotopic (exact) mass is 491 g/mol. The van der Waals surface area contributed by atoms with Gasteiger partial charge >= 0.3 is 17.8 Å². The van der Waals surface area contributed by atoms with E-state index >= 15 is 0 Å². The molecule has 1 aliphatic heterocycles. The third kappa shape index (κ3) is 6.56.